The highest BCUT2D eigenvalue weighted by Crippen LogP contribution is 2.31. The number of fused-ring (bicyclic) bond motifs is 1. The fourth-order valence-electron chi connectivity index (χ4n) is 2.51. The molecule has 1 heterocycles. The SMILES string of the molecule is Cc1ccc2c(c1)CC(COc1ccc(CN)cc1Cl)O2. The molecule has 1 aliphatic rings. The van der Waals surface area contributed by atoms with Crippen LogP contribution in [-0.2, 0) is 13.0 Å². The molecule has 2 N–H and O–H groups in total. The van der Waals surface area contributed by atoms with E-state index < -0.39 is 0 Å². The van der Waals surface area contributed by atoms with Crippen molar-refractivity contribution in [3.05, 3.63) is 58.1 Å². The summed E-state index contributed by atoms with van der Waals surface area (Å²) < 4.78 is 11.7. The molecule has 0 saturated heterocycles. The Balaban J connectivity index is 1.62. The van der Waals surface area contributed by atoms with E-state index in [-0.39, 0.29) is 6.10 Å². The monoisotopic (exact) mass is 303 g/mol. The standard InChI is InChI=1S/C17H18ClNO2/c1-11-2-4-16-13(6-11)8-14(21-16)10-20-17-5-3-12(9-19)7-15(17)18/h2-7,14H,8-10,19H2,1H3. The summed E-state index contributed by atoms with van der Waals surface area (Å²) in [4.78, 5) is 0. The first-order valence-electron chi connectivity index (χ1n) is 7.03. The summed E-state index contributed by atoms with van der Waals surface area (Å²) in [6.45, 7) is 3.04. The van der Waals surface area contributed by atoms with E-state index in [4.69, 9.17) is 26.8 Å². The molecule has 1 atom stereocenters. The molecule has 0 fully saturated rings. The molecule has 4 heteroatoms. The third-order valence-electron chi connectivity index (χ3n) is 3.61. The maximum absolute atomic E-state index is 6.18. The number of nitrogens with two attached hydrogens (primary N) is 1. The van der Waals surface area contributed by atoms with Gasteiger partial charge >= 0.3 is 0 Å². The molecular weight excluding hydrogens is 286 g/mol. The average Bonchev–Trinajstić information content (AvgIpc) is 2.87. The normalized spacial score (nSPS) is 16.4. The summed E-state index contributed by atoms with van der Waals surface area (Å²) in [7, 11) is 0. The van der Waals surface area contributed by atoms with Crippen molar-refractivity contribution in [2.45, 2.75) is 26.0 Å². The molecule has 0 saturated carbocycles. The van der Waals surface area contributed by atoms with Crippen LogP contribution in [0.3, 0.4) is 0 Å². The Labute approximate surface area is 129 Å². The van der Waals surface area contributed by atoms with Crippen LogP contribution in [0.1, 0.15) is 16.7 Å². The van der Waals surface area contributed by atoms with Gasteiger partial charge in [0.2, 0.25) is 0 Å². The van der Waals surface area contributed by atoms with Crippen molar-refractivity contribution in [1.82, 2.24) is 0 Å². The van der Waals surface area contributed by atoms with Gasteiger partial charge in [-0.1, -0.05) is 35.4 Å². The second-order valence-corrected chi connectivity index (χ2v) is 5.74. The summed E-state index contributed by atoms with van der Waals surface area (Å²) >= 11 is 6.18. The van der Waals surface area contributed by atoms with Crippen molar-refractivity contribution >= 4 is 11.6 Å². The van der Waals surface area contributed by atoms with E-state index in [2.05, 4.69) is 19.1 Å². The minimum absolute atomic E-state index is 0.0343. The maximum atomic E-state index is 6.18. The lowest BCUT2D eigenvalue weighted by molar-refractivity contribution is 0.148. The number of hydrogen-bond donors (Lipinski definition) is 1. The van der Waals surface area contributed by atoms with E-state index in [9.17, 15) is 0 Å². The van der Waals surface area contributed by atoms with Crippen LogP contribution >= 0.6 is 11.6 Å². The summed E-state index contributed by atoms with van der Waals surface area (Å²) in [6.07, 6.45) is 0.905. The van der Waals surface area contributed by atoms with Crippen molar-refractivity contribution in [3.8, 4) is 11.5 Å². The van der Waals surface area contributed by atoms with Crippen molar-refractivity contribution in [3.63, 3.8) is 0 Å². The molecule has 0 amide bonds. The molecule has 0 aromatic heterocycles. The summed E-state index contributed by atoms with van der Waals surface area (Å²) in [6, 6.07) is 11.9. The first kappa shape index (κ1) is 14.2. The Morgan fingerprint density at radius 1 is 1.29 bits per heavy atom. The molecule has 0 radical (unpaired) electrons. The molecule has 110 valence electrons. The highest BCUT2D eigenvalue weighted by atomic mass is 35.5. The van der Waals surface area contributed by atoms with Gasteiger partial charge in [0, 0.05) is 13.0 Å². The van der Waals surface area contributed by atoms with Crippen LogP contribution in [0.15, 0.2) is 36.4 Å². The van der Waals surface area contributed by atoms with Gasteiger partial charge in [0.05, 0.1) is 5.02 Å². The van der Waals surface area contributed by atoms with Gasteiger partial charge < -0.3 is 15.2 Å². The molecule has 3 rings (SSSR count). The minimum Gasteiger partial charge on any atom is -0.488 e. The van der Waals surface area contributed by atoms with Gasteiger partial charge in [-0.15, -0.1) is 0 Å². The van der Waals surface area contributed by atoms with Crippen molar-refractivity contribution in [1.29, 1.82) is 0 Å². The topological polar surface area (TPSA) is 44.5 Å². The number of rotatable bonds is 4. The maximum Gasteiger partial charge on any atom is 0.138 e. The summed E-state index contributed by atoms with van der Waals surface area (Å²) in [5, 5.41) is 0.587. The van der Waals surface area contributed by atoms with Crippen molar-refractivity contribution in [2.24, 2.45) is 5.73 Å². The molecule has 1 aliphatic heterocycles. The molecule has 0 bridgehead atoms. The van der Waals surface area contributed by atoms with E-state index >= 15 is 0 Å². The second kappa shape index (κ2) is 5.96. The Hall–Kier alpha value is -1.71. The molecule has 1 unspecified atom stereocenters. The lowest BCUT2D eigenvalue weighted by atomic mass is 10.1. The second-order valence-electron chi connectivity index (χ2n) is 5.34. The van der Waals surface area contributed by atoms with Crippen LogP contribution in [0, 0.1) is 6.92 Å². The van der Waals surface area contributed by atoms with Gasteiger partial charge in [0.25, 0.3) is 0 Å². The summed E-state index contributed by atoms with van der Waals surface area (Å²) in [5.41, 5.74) is 9.07. The highest BCUT2D eigenvalue weighted by molar-refractivity contribution is 6.32. The molecular formula is C17H18ClNO2. The molecule has 2 aromatic rings. The Morgan fingerprint density at radius 2 is 2.14 bits per heavy atom. The fourth-order valence-corrected chi connectivity index (χ4v) is 2.77. The summed E-state index contributed by atoms with van der Waals surface area (Å²) in [5.74, 6) is 1.63. The molecule has 2 aromatic carbocycles. The van der Waals surface area contributed by atoms with Crippen LogP contribution in [0.2, 0.25) is 5.02 Å². The van der Waals surface area contributed by atoms with Gasteiger partial charge in [-0.2, -0.15) is 0 Å². The minimum atomic E-state index is 0.0343. The molecule has 0 aliphatic carbocycles. The van der Waals surface area contributed by atoms with E-state index in [0.29, 0.717) is 23.9 Å². The van der Waals surface area contributed by atoms with Crippen molar-refractivity contribution in [2.75, 3.05) is 6.61 Å². The lowest BCUT2D eigenvalue weighted by Crippen LogP contribution is -2.22. The van der Waals surface area contributed by atoms with Gasteiger partial charge in [-0.3, -0.25) is 0 Å². The fraction of sp³-hybridized carbons (Fsp3) is 0.294. The molecule has 21 heavy (non-hydrogen) atoms. The highest BCUT2D eigenvalue weighted by Gasteiger charge is 2.23. The third kappa shape index (κ3) is 3.14. The van der Waals surface area contributed by atoms with E-state index in [1.54, 1.807) is 0 Å². The zero-order valence-corrected chi connectivity index (χ0v) is 12.7. The Kier molecular flexibility index (Phi) is 4.04. The number of ether oxygens (including phenoxy) is 2. The first-order chi connectivity index (χ1) is 10.2. The smallest absolute Gasteiger partial charge is 0.138 e. The number of halogens is 1. The number of hydrogen-bond acceptors (Lipinski definition) is 3. The van der Waals surface area contributed by atoms with E-state index in [1.807, 2.05) is 24.3 Å². The van der Waals surface area contributed by atoms with Gasteiger partial charge in [-0.25, -0.2) is 0 Å². The van der Waals surface area contributed by atoms with Gasteiger partial charge in [0.1, 0.15) is 24.2 Å². The Bertz CT molecular complexity index is 657. The first-order valence-corrected chi connectivity index (χ1v) is 7.41. The number of aryl methyl sites for hydroxylation is 1. The predicted octanol–water partition coefficient (Wildman–Crippen LogP) is 3.49. The van der Waals surface area contributed by atoms with Crippen molar-refractivity contribution < 1.29 is 9.47 Å². The van der Waals surface area contributed by atoms with Crippen LogP contribution in [0.25, 0.3) is 0 Å². The van der Waals surface area contributed by atoms with Crippen LogP contribution in [0.5, 0.6) is 11.5 Å². The molecule has 0 spiro atoms. The molecule has 3 nitrogen and oxygen atoms in total. The van der Waals surface area contributed by atoms with Crippen LogP contribution < -0.4 is 15.2 Å². The van der Waals surface area contributed by atoms with E-state index in [1.165, 1.54) is 11.1 Å². The van der Waals surface area contributed by atoms with E-state index in [0.717, 1.165) is 17.7 Å². The number of benzene rings is 2. The zero-order valence-electron chi connectivity index (χ0n) is 11.9. The van der Waals surface area contributed by atoms with Crippen LogP contribution in [0.4, 0.5) is 0 Å². The quantitative estimate of drug-likeness (QED) is 0.940. The van der Waals surface area contributed by atoms with Crippen LogP contribution in [-0.4, -0.2) is 12.7 Å². The van der Waals surface area contributed by atoms with Gasteiger partial charge in [-0.05, 0) is 36.2 Å². The zero-order chi connectivity index (χ0) is 14.8. The predicted molar refractivity (Wildman–Crippen MR) is 84.1 cm³/mol. The average molecular weight is 304 g/mol. The lowest BCUT2D eigenvalue weighted by Gasteiger charge is -2.13. The third-order valence-corrected chi connectivity index (χ3v) is 3.91. The Morgan fingerprint density at radius 3 is 2.90 bits per heavy atom. The van der Waals surface area contributed by atoms with Gasteiger partial charge in [0.15, 0.2) is 0 Å². The largest absolute Gasteiger partial charge is 0.488 e.